The molecule has 5 nitrogen and oxygen atoms in total. The van der Waals surface area contributed by atoms with Crippen LogP contribution >= 0.6 is 0 Å². The van der Waals surface area contributed by atoms with E-state index in [1.54, 1.807) is 44.8 Å². The first-order valence-electron chi connectivity index (χ1n) is 7.89. The fourth-order valence-electron chi connectivity index (χ4n) is 2.38. The van der Waals surface area contributed by atoms with Crippen LogP contribution in [0.3, 0.4) is 0 Å². The number of pyridine rings is 1. The zero-order valence-electron chi connectivity index (χ0n) is 14.4. The summed E-state index contributed by atoms with van der Waals surface area (Å²) in [4.78, 5) is 16.3. The number of hydrogen-bond donors (Lipinski definition) is 1. The van der Waals surface area contributed by atoms with Gasteiger partial charge >= 0.3 is 0 Å². The van der Waals surface area contributed by atoms with Gasteiger partial charge in [-0.15, -0.1) is 6.58 Å². The maximum absolute atomic E-state index is 12.3. The molecular formula is C20H22N2O3. The van der Waals surface area contributed by atoms with E-state index in [0.29, 0.717) is 17.9 Å². The Hall–Kier alpha value is -3.08. The van der Waals surface area contributed by atoms with Gasteiger partial charge in [-0.2, -0.15) is 0 Å². The molecule has 1 aromatic carbocycles. The van der Waals surface area contributed by atoms with Crippen LogP contribution in [-0.4, -0.2) is 25.1 Å². The van der Waals surface area contributed by atoms with Crippen LogP contribution in [0.4, 0.5) is 0 Å². The van der Waals surface area contributed by atoms with Crippen molar-refractivity contribution in [3.63, 3.8) is 0 Å². The first-order chi connectivity index (χ1) is 12.2. The molecule has 1 atom stereocenters. The van der Waals surface area contributed by atoms with Gasteiger partial charge in [-0.25, -0.2) is 0 Å². The molecule has 0 aliphatic heterocycles. The monoisotopic (exact) mass is 338 g/mol. The molecule has 0 aliphatic rings. The third kappa shape index (κ3) is 5.21. The lowest BCUT2D eigenvalue weighted by atomic mass is 10.1. The second-order valence-corrected chi connectivity index (χ2v) is 5.31. The Morgan fingerprint density at radius 2 is 2.00 bits per heavy atom. The normalized spacial score (nSPS) is 11.8. The van der Waals surface area contributed by atoms with Crippen LogP contribution < -0.4 is 14.8 Å². The molecule has 0 spiro atoms. The van der Waals surface area contributed by atoms with Crippen molar-refractivity contribution in [3.8, 4) is 11.5 Å². The van der Waals surface area contributed by atoms with Crippen LogP contribution in [0.5, 0.6) is 11.5 Å². The lowest BCUT2D eigenvalue weighted by molar-refractivity contribution is -0.117. The summed E-state index contributed by atoms with van der Waals surface area (Å²) in [5, 5.41) is 2.97. The molecule has 2 rings (SSSR count). The molecule has 0 aliphatic carbocycles. The van der Waals surface area contributed by atoms with E-state index in [9.17, 15) is 4.79 Å². The summed E-state index contributed by atoms with van der Waals surface area (Å²) in [6, 6.07) is 9.04. The Bertz CT molecular complexity index is 742. The van der Waals surface area contributed by atoms with E-state index >= 15 is 0 Å². The van der Waals surface area contributed by atoms with Gasteiger partial charge < -0.3 is 14.8 Å². The second-order valence-electron chi connectivity index (χ2n) is 5.31. The van der Waals surface area contributed by atoms with E-state index in [4.69, 9.17) is 9.47 Å². The number of hydrogen-bond acceptors (Lipinski definition) is 4. The Balaban J connectivity index is 2.10. The number of amides is 1. The van der Waals surface area contributed by atoms with Crippen LogP contribution in [0.1, 0.15) is 23.6 Å². The molecular weight excluding hydrogens is 316 g/mol. The van der Waals surface area contributed by atoms with Crippen molar-refractivity contribution in [2.75, 3.05) is 14.2 Å². The Kier molecular flexibility index (Phi) is 6.77. The van der Waals surface area contributed by atoms with Gasteiger partial charge in [-0.05, 0) is 42.3 Å². The van der Waals surface area contributed by atoms with Crippen molar-refractivity contribution in [2.24, 2.45) is 0 Å². The van der Waals surface area contributed by atoms with Gasteiger partial charge in [0, 0.05) is 30.1 Å². The third-order valence-corrected chi connectivity index (χ3v) is 3.68. The molecule has 1 heterocycles. The minimum atomic E-state index is -0.193. The largest absolute Gasteiger partial charge is 0.497 e. The summed E-state index contributed by atoms with van der Waals surface area (Å²) in [5.74, 6) is 1.14. The fourth-order valence-corrected chi connectivity index (χ4v) is 2.38. The Morgan fingerprint density at radius 1 is 1.24 bits per heavy atom. The summed E-state index contributed by atoms with van der Waals surface area (Å²) in [6.07, 6.45) is 9.02. The van der Waals surface area contributed by atoms with Gasteiger partial charge in [0.15, 0.2) is 0 Å². The molecule has 0 bridgehead atoms. The standard InChI is InChI=1S/C20H22N2O3/c1-4-5-18(15-10-12-21-13-11-15)22-20(23)9-7-16-6-8-17(24-2)14-19(16)25-3/h4,6-14,18H,1,5H2,2-3H3,(H,22,23)/b9-7+/t18-/m0/s1. The number of nitrogens with zero attached hydrogens (tertiary/aromatic N) is 1. The van der Waals surface area contributed by atoms with Gasteiger partial charge in [-0.1, -0.05) is 6.08 Å². The number of carbonyl (C=O) groups is 1. The smallest absolute Gasteiger partial charge is 0.244 e. The molecule has 0 radical (unpaired) electrons. The lowest BCUT2D eigenvalue weighted by Crippen LogP contribution is -2.26. The van der Waals surface area contributed by atoms with Gasteiger partial charge in [0.2, 0.25) is 5.91 Å². The molecule has 0 saturated heterocycles. The Labute approximate surface area is 148 Å². The molecule has 0 fully saturated rings. The fraction of sp³-hybridized carbons (Fsp3) is 0.200. The molecule has 0 unspecified atom stereocenters. The number of ether oxygens (including phenoxy) is 2. The zero-order valence-corrected chi connectivity index (χ0v) is 14.4. The highest BCUT2D eigenvalue weighted by Gasteiger charge is 2.11. The average Bonchev–Trinajstić information content (AvgIpc) is 2.66. The maximum Gasteiger partial charge on any atom is 0.244 e. The van der Waals surface area contributed by atoms with E-state index in [1.165, 1.54) is 6.08 Å². The minimum Gasteiger partial charge on any atom is -0.497 e. The highest BCUT2D eigenvalue weighted by molar-refractivity contribution is 5.92. The van der Waals surface area contributed by atoms with Crippen molar-refractivity contribution in [1.82, 2.24) is 10.3 Å². The predicted molar refractivity (Wildman–Crippen MR) is 98.5 cm³/mol. The molecule has 25 heavy (non-hydrogen) atoms. The van der Waals surface area contributed by atoms with Crippen LogP contribution in [0.2, 0.25) is 0 Å². The predicted octanol–water partition coefficient (Wildman–Crippen LogP) is 3.55. The molecule has 1 aromatic heterocycles. The van der Waals surface area contributed by atoms with E-state index in [2.05, 4.69) is 16.9 Å². The molecule has 130 valence electrons. The van der Waals surface area contributed by atoms with E-state index in [0.717, 1.165) is 11.1 Å². The molecule has 0 saturated carbocycles. The van der Waals surface area contributed by atoms with Crippen molar-refractivity contribution in [1.29, 1.82) is 0 Å². The second kappa shape index (κ2) is 9.27. The SMILES string of the molecule is C=CC[C@H](NC(=O)/C=C/c1ccc(OC)cc1OC)c1ccncc1. The van der Waals surface area contributed by atoms with Crippen molar-refractivity contribution in [2.45, 2.75) is 12.5 Å². The topological polar surface area (TPSA) is 60.5 Å². The van der Waals surface area contributed by atoms with E-state index in [1.807, 2.05) is 24.3 Å². The van der Waals surface area contributed by atoms with Crippen molar-refractivity contribution < 1.29 is 14.3 Å². The quantitative estimate of drug-likeness (QED) is 0.591. The molecule has 2 aromatic rings. The van der Waals surface area contributed by atoms with Gasteiger partial charge in [0.25, 0.3) is 0 Å². The van der Waals surface area contributed by atoms with E-state index < -0.39 is 0 Å². The maximum atomic E-state index is 12.3. The number of rotatable bonds is 8. The number of carbonyl (C=O) groups excluding carboxylic acids is 1. The Morgan fingerprint density at radius 3 is 2.64 bits per heavy atom. The number of benzene rings is 1. The van der Waals surface area contributed by atoms with Gasteiger partial charge in [0.05, 0.1) is 20.3 Å². The lowest BCUT2D eigenvalue weighted by Gasteiger charge is -2.16. The van der Waals surface area contributed by atoms with Gasteiger partial charge in [0.1, 0.15) is 11.5 Å². The number of nitrogens with one attached hydrogen (secondary N) is 1. The summed E-state index contributed by atoms with van der Waals surface area (Å²) in [6.45, 7) is 3.75. The molecule has 5 heteroatoms. The molecule has 1 amide bonds. The number of aromatic nitrogens is 1. The van der Waals surface area contributed by atoms with Crippen molar-refractivity contribution >= 4 is 12.0 Å². The number of methoxy groups -OCH3 is 2. The summed E-state index contributed by atoms with van der Waals surface area (Å²) < 4.78 is 10.5. The first kappa shape index (κ1) is 18.3. The van der Waals surface area contributed by atoms with Crippen LogP contribution in [0, 0.1) is 0 Å². The van der Waals surface area contributed by atoms with Crippen LogP contribution in [0.25, 0.3) is 6.08 Å². The third-order valence-electron chi connectivity index (χ3n) is 3.68. The minimum absolute atomic E-state index is 0.143. The molecule has 1 N–H and O–H groups in total. The van der Waals surface area contributed by atoms with E-state index in [-0.39, 0.29) is 11.9 Å². The highest BCUT2D eigenvalue weighted by atomic mass is 16.5. The highest BCUT2D eigenvalue weighted by Crippen LogP contribution is 2.25. The summed E-state index contributed by atoms with van der Waals surface area (Å²) in [7, 11) is 3.17. The van der Waals surface area contributed by atoms with Crippen molar-refractivity contribution in [3.05, 3.63) is 72.6 Å². The zero-order chi connectivity index (χ0) is 18.1. The van der Waals surface area contributed by atoms with Gasteiger partial charge in [-0.3, -0.25) is 9.78 Å². The van der Waals surface area contributed by atoms with Crippen LogP contribution in [0.15, 0.2) is 61.5 Å². The summed E-state index contributed by atoms with van der Waals surface area (Å²) in [5.41, 5.74) is 1.78. The average molecular weight is 338 g/mol. The summed E-state index contributed by atoms with van der Waals surface area (Å²) >= 11 is 0. The first-order valence-corrected chi connectivity index (χ1v) is 7.89. The van der Waals surface area contributed by atoms with Crippen LogP contribution in [-0.2, 0) is 4.79 Å².